The summed E-state index contributed by atoms with van der Waals surface area (Å²) in [5.41, 5.74) is 7.20. The third-order valence-electron chi connectivity index (χ3n) is 4.67. The van der Waals surface area contributed by atoms with Gasteiger partial charge < -0.3 is 15.4 Å². The topological polar surface area (TPSA) is 58.8 Å². The zero-order chi connectivity index (χ0) is 16.8. The van der Waals surface area contributed by atoms with Crippen LogP contribution in [0.1, 0.15) is 38.3 Å². The highest BCUT2D eigenvalue weighted by Gasteiger charge is 2.27. The average Bonchev–Trinajstić information content (AvgIpc) is 2.60. The van der Waals surface area contributed by atoms with Crippen LogP contribution in [0.3, 0.4) is 0 Å². The molecular weight excluding hydrogens is 290 g/mol. The van der Waals surface area contributed by atoms with Crippen molar-refractivity contribution in [2.24, 2.45) is 5.73 Å². The third-order valence-corrected chi connectivity index (χ3v) is 4.67. The van der Waals surface area contributed by atoms with E-state index in [-0.39, 0.29) is 11.9 Å². The second-order valence-corrected chi connectivity index (χ2v) is 6.21. The highest BCUT2D eigenvalue weighted by Crippen LogP contribution is 2.25. The number of nitrogens with zero attached hydrogens (tertiary/aromatic N) is 2. The molecule has 1 saturated heterocycles. The molecule has 128 valence electrons. The number of benzene rings is 1. The summed E-state index contributed by atoms with van der Waals surface area (Å²) in [6, 6.07) is 8.16. The van der Waals surface area contributed by atoms with Crippen LogP contribution in [-0.4, -0.2) is 55.0 Å². The number of hydrogen-bond donors (Lipinski definition) is 1. The first-order valence-electron chi connectivity index (χ1n) is 8.49. The maximum Gasteiger partial charge on any atom is 0.239 e. The Morgan fingerprint density at radius 3 is 2.61 bits per heavy atom. The number of piperazine rings is 1. The molecule has 0 spiro atoms. The standard InChI is InChI=1S/C18H29N3O2/c1-4-6-17(19)18(22)21-11-9-20(10-12-21)14(2)15-7-5-8-16(13-15)23-3/h5,7-8,13-14,17H,4,6,9-12,19H2,1-3H3/t14-,17-/m1/s1. The van der Waals surface area contributed by atoms with Crippen LogP contribution in [0, 0.1) is 0 Å². The van der Waals surface area contributed by atoms with Crippen molar-refractivity contribution >= 4 is 5.91 Å². The van der Waals surface area contributed by atoms with Gasteiger partial charge in [-0.05, 0) is 31.0 Å². The Morgan fingerprint density at radius 2 is 2.00 bits per heavy atom. The zero-order valence-electron chi connectivity index (χ0n) is 14.5. The van der Waals surface area contributed by atoms with Gasteiger partial charge in [-0.15, -0.1) is 0 Å². The van der Waals surface area contributed by atoms with E-state index in [1.54, 1.807) is 7.11 Å². The van der Waals surface area contributed by atoms with E-state index in [1.165, 1.54) is 5.56 Å². The summed E-state index contributed by atoms with van der Waals surface area (Å²) in [6.45, 7) is 7.52. The molecule has 0 bridgehead atoms. The molecule has 5 heteroatoms. The van der Waals surface area contributed by atoms with E-state index >= 15 is 0 Å². The molecule has 2 N–H and O–H groups in total. The first-order chi connectivity index (χ1) is 11.1. The molecule has 0 radical (unpaired) electrons. The Morgan fingerprint density at radius 1 is 1.30 bits per heavy atom. The first-order valence-corrected chi connectivity index (χ1v) is 8.49. The molecule has 0 unspecified atom stereocenters. The molecule has 0 aliphatic carbocycles. The van der Waals surface area contributed by atoms with Gasteiger partial charge in [-0.1, -0.05) is 25.5 Å². The fraction of sp³-hybridized carbons (Fsp3) is 0.611. The van der Waals surface area contributed by atoms with Crippen LogP contribution in [0.25, 0.3) is 0 Å². The smallest absolute Gasteiger partial charge is 0.239 e. The molecule has 0 saturated carbocycles. The molecule has 23 heavy (non-hydrogen) atoms. The lowest BCUT2D eigenvalue weighted by atomic mass is 10.1. The summed E-state index contributed by atoms with van der Waals surface area (Å²) in [5, 5.41) is 0. The largest absolute Gasteiger partial charge is 0.497 e. The number of amides is 1. The minimum atomic E-state index is -0.345. The lowest BCUT2D eigenvalue weighted by molar-refractivity contribution is -0.134. The molecule has 1 heterocycles. The van der Waals surface area contributed by atoms with E-state index in [2.05, 4.69) is 30.9 Å². The molecule has 1 aliphatic heterocycles. The number of rotatable bonds is 6. The van der Waals surface area contributed by atoms with Crippen molar-refractivity contribution in [3.05, 3.63) is 29.8 Å². The lowest BCUT2D eigenvalue weighted by Crippen LogP contribution is -2.53. The Labute approximate surface area is 139 Å². The van der Waals surface area contributed by atoms with Gasteiger partial charge in [-0.2, -0.15) is 0 Å². The fourth-order valence-corrected chi connectivity index (χ4v) is 3.11. The lowest BCUT2D eigenvalue weighted by Gasteiger charge is -2.39. The maximum atomic E-state index is 12.3. The fourth-order valence-electron chi connectivity index (χ4n) is 3.11. The minimum absolute atomic E-state index is 0.0977. The molecular formula is C18H29N3O2. The summed E-state index contributed by atoms with van der Waals surface area (Å²) in [5.74, 6) is 0.981. The zero-order valence-corrected chi connectivity index (χ0v) is 14.5. The van der Waals surface area contributed by atoms with Crippen molar-refractivity contribution < 1.29 is 9.53 Å². The molecule has 5 nitrogen and oxygen atoms in total. The molecule has 2 rings (SSSR count). The molecule has 1 aromatic rings. The number of methoxy groups -OCH3 is 1. The highest BCUT2D eigenvalue weighted by molar-refractivity contribution is 5.81. The summed E-state index contributed by atoms with van der Waals surface area (Å²) < 4.78 is 5.30. The minimum Gasteiger partial charge on any atom is -0.497 e. The predicted molar refractivity (Wildman–Crippen MR) is 92.4 cm³/mol. The van der Waals surface area contributed by atoms with Crippen molar-refractivity contribution in [3.63, 3.8) is 0 Å². The van der Waals surface area contributed by atoms with Crippen LogP contribution in [0.15, 0.2) is 24.3 Å². The van der Waals surface area contributed by atoms with Crippen LogP contribution < -0.4 is 10.5 Å². The molecule has 1 aromatic carbocycles. The van der Waals surface area contributed by atoms with Crippen LogP contribution in [0.5, 0.6) is 5.75 Å². The Hall–Kier alpha value is -1.59. The van der Waals surface area contributed by atoms with E-state index in [0.717, 1.165) is 44.8 Å². The molecule has 0 aromatic heterocycles. The van der Waals surface area contributed by atoms with Crippen molar-refractivity contribution in [1.29, 1.82) is 0 Å². The third kappa shape index (κ3) is 4.45. The van der Waals surface area contributed by atoms with Gasteiger partial charge in [0.2, 0.25) is 5.91 Å². The van der Waals surface area contributed by atoms with Gasteiger partial charge >= 0.3 is 0 Å². The summed E-state index contributed by atoms with van der Waals surface area (Å²) in [7, 11) is 1.69. The van der Waals surface area contributed by atoms with Gasteiger partial charge in [0.25, 0.3) is 0 Å². The predicted octanol–water partition coefficient (Wildman–Crippen LogP) is 2.03. The van der Waals surface area contributed by atoms with E-state index in [0.29, 0.717) is 6.04 Å². The van der Waals surface area contributed by atoms with E-state index in [1.807, 2.05) is 17.0 Å². The van der Waals surface area contributed by atoms with Crippen molar-refractivity contribution in [3.8, 4) is 5.75 Å². The van der Waals surface area contributed by atoms with Gasteiger partial charge in [-0.25, -0.2) is 0 Å². The van der Waals surface area contributed by atoms with E-state index in [9.17, 15) is 4.79 Å². The molecule has 1 aliphatic rings. The van der Waals surface area contributed by atoms with Gasteiger partial charge in [-0.3, -0.25) is 9.69 Å². The summed E-state index contributed by atoms with van der Waals surface area (Å²) >= 11 is 0. The first kappa shape index (κ1) is 17.8. The Balaban J connectivity index is 1.91. The molecule has 2 atom stereocenters. The van der Waals surface area contributed by atoms with Crippen molar-refractivity contribution in [2.45, 2.75) is 38.8 Å². The average molecular weight is 319 g/mol. The van der Waals surface area contributed by atoms with Crippen LogP contribution in [-0.2, 0) is 4.79 Å². The number of nitrogens with two attached hydrogens (primary N) is 1. The quantitative estimate of drug-likeness (QED) is 0.871. The summed E-state index contributed by atoms with van der Waals surface area (Å²) in [4.78, 5) is 16.6. The van der Waals surface area contributed by atoms with E-state index in [4.69, 9.17) is 10.5 Å². The number of carbonyl (C=O) groups excluding carboxylic acids is 1. The van der Waals surface area contributed by atoms with Gasteiger partial charge in [0.15, 0.2) is 0 Å². The maximum absolute atomic E-state index is 12.3. The highest BCUT2D eigenvalue weighted by atomic mass is 16.5. The van der Waals surface area contributed by atoms with Gasteiger partial charge in [0, 0.05) is 32.2 Å². The van der Waals surface area contributed by atoms with Crippen LogP contribution in [0.4, 0.5) is 0 Å². The number of ether oxygens (including phenoxy) is 1. The number of hydrogen-bond acceptors (Lipinski definition) is 4. The summed E-state index contributed by atoms with van der Waals surface area (Å²) in [6.07, 6.45) is 1.71. The normalized spacial score (nSPS) is 18.5. The van der Waals surface area contributed by atoms with Crippen LogP contribution >= 0.6 is 0 Å². The van der Waals surface area contributed by atoms with Gasteiger partial charge in [0.05, 0.1) is 13.2 Å². The SMILES string of the molecule is CCC[C@@H](N)C(=O)N1CCN([C@H](C)c2cccc(OC)c2)CC1. The molecule has 1 amide bonds. The van der Waals surface area contributed by atoms with Crippen molar-refractivity contribution in [2.75, 3.05) is 33.3 Å². The second kappa shape index (κ2) is 8.31. The van der Waals surface area contributed by atoms with Crippen molar-refractivity contribution in [1.82, 2.24) is 9.80 Å². The van der Waals surface area contributed by atoms with Crippen LogP contribution in [0.2, 0.25) is 0 Å². The Kier molecular flexibility index (Phi) is 6.42. The van der Waals surface area contributed by atoms with Gasteiger partial charge in [0.1, 0.15) is 5.75 Å². The monoisotopic (exact) mass is 319 g/mol. The second-order valence-electron chi connectivity index (χ2n) is 6.21. The number of carbonyl (C=O) groups is 1. The Bertz CT molecular complexity index is 513. The van der Waals surface area contributed by atoms with E-state index < -0.39 is 0 Å². The molecule has 1 fully saturated rings.